The van der Waals surface area contributed by atoms with Crippen molar-refractivity contribution in [3.05, 3.63) is 95.8 Å². The average molecular weight is 422 g/mol. The van der Waals surface area contributed by atoms with Crippen LogP contribution in [0.1, 0.15) is 21.5 Å². The van der Waals surface area contributed by atoms with Crippen LogP contribution in [0.4, 0.5) is 24.7 Å². The molecule has 31 heavy (non-hydrogen) atoms. The van der Waals surface area contributed by atoms with Crippen LogP contribution in [0.15, 0.2) is 79.1 Å². The molecular weight excluding hydrogens is 405 g/mol. The van der Waals surface area contributed by atoms with Gasteiger partial charge < -0.3 is 10.6 Å². The Morgan fingerprint density at radius 1 is 0.903 bits per heavy atom. The van der Waals surface area contributed by atoms with Crippen LogP contribution >= 0.6 is 0 Å². The first-order valence-corrected chi connectivity index (χ1v) is 9.41. The van der Waals surface area contributed by atoms with Crippen LogP contribution in [0, 0.1) is 0 Å². The Hall–Kier alpha value is -3.94. The average Bonchev–Trinajstić information content (AvgIpc) is 2.78. The second kappa shape index (κ2) is 8.43. The zero-order valence-electron chi connectivity index (χ0n) is 16.1. The van der Waals surface area contributed by atoms with Gasteiger partial charge in [-0.15, -0.1) is 0 Å². The van der Waals surface area contributed by atoms with Gasteiger partial charge in [0.05, 0.1) is 16.8 Å². The molecule has 8 heteroatoms. The van der Waals surface area contributed by atoms with Gasteiger partial charge in [-0.3, -0.25) is 9.78 Å². The Labute approximate surface area is 176 Å². The third kappa shape index (κ3) is 4.80. The molecule has 0 aliphatic carbocycles. The van der Waals surface area contributed by atoms with Crippen molar-refractivity contribution in [3.8, 4) is 0 Å². The topological polar surface area (TPSA) is 66.9 Å². The van der Waals surface area contributed by atoms with E-state index < -0.39 is 17.6 Å². The highest BCUT2D eigenvalue weighted by Gasteiger charge is 2.30. The number of pyridine rings is 2. The summed E-state index contributed by atoms with van der Waals surface area (Å²) < 4.78 is 38.8. The second-order valence-electron chi connectivity index (χ2n) is 6.82. The van der Waals surface area contributed by atoms with Crippen LogP contribution in [0.2, 0.25) is 0 Å². The summed E-state index contributed by atoms with van der Waals surface area (Å²) in [6.45, 7) is 0.439. The number of fused-ring (bicyclic) bond motifs is 1. The van der Waals surface area contributed by atoms with E-state index >= 15 is 0 Å². The first kappa shape index (κ1) is 20.3. The Morgan fingerprint density at radius 3 is 2.55 bits per heavy atom. The fraction of sp³-hybridized carbons (Fsp3) is 0.0870. The van der Waals surface area contributed by atoms with Crippen LogP contribution in [0.25, 0.3) is 10.9 Å². The van der Waals surface area contributed by atoms with Crippen molar-refractivity contribution in [1.82, 2.24) is 9.97 Å². The van der Waals surface area contributed by atoms with E-state index in [1.807, 2.05) is 30.3 Å². The first-order valence-electron chi connectivity index (χ1n) is 9.41. The SMILES string of the molecule is O=C(Nc1cccnc1NCc1ccc2ncccc2c1)c1cccc(C(F)(F)F)c1. The first-order chi connectivity index (χ1) is 14.9. The number of alkyl halides is 3. The highest BCUT2D eigenvalue weighted by molar-refractivity contribution is 6.05. The van der Waals surface area contributed by atoms with Crippen molar-refractivity contribution >= 4 is 28.3 Å². The molecule has 0 unspecified atom stereocenters. The Morgan fingerprint density at radius 2 is 1.71 bits per heavy atom. The minimum absolute atomic E-state index is 0.0911. The fourth-order valence-electron chi connectivity index (χ4n) is 3.10. The lowest BCUT2D eigenvalue weighted by molar-refractivity contribution is -0.137. The molecule has 0 spiro atoms. The number of hydrogen-bond donors (Lipinski definition) is 2. The van der Waals surface area contributed by atoms with Crippen LogP contribution < -0.4 is 10.6 Å². The van der Waals surface area contributed by atoms with E-state index in [-0.39, 0.29) is 5.56 Å². The summed E-state index contributed by atoms with van der Waals surface area (Å²) in [5.74, 6) is -0.243. The molecule has 2 heterocycles. The number of nitrogens with zero attached hydrogens (tertiary/aromatic N) is 2. The molecule has 1 amide bonds. The number of nitrogens with one attached hydrogen (secondary N) is 2. The van der Waals surface area contributed by atoms with E-state index in [1.54, 1.807) is 24.5 Å². The van der Waals surface area contributed by atoms with Gasteiger partial charge in [-0.2, -0.15) is 13.2 Å². The molecule has 4 rings (SSSR count). The van der Waals surface area contributed by atoms with Gasteiger partial charge in [0.25, 0.3) is 5.91 Å². The number of carbonyl (C=O) groups excluding carboxylic acids is 1. The molecule has 0 fully saturated rings. The molecule has 0 saturated heterocycles. The van der Waals surface area contributed by atoms with Gasteiger partial charge in [-0.1, -0.05) is 18.2 Å². The number of aromatic nitrogens is 2. The van der Waals surface area contributed by atoms with E-state index in [0.717, 1.165) is 28.6 Å². The van der Waals surface area contributed by atoms with Crippen molar-refractivity contribution in [2.24, 2.45) is 0 Å². The lowest BCUT2D eigenvalue weighted by Crippen LogP contribution is -2.15. The molecule has 2 aromatic carbocycles. The highest BCUT2D eigenvalue weighted by Crippen LogP contribution is 2.30. The fourth-order valence-corrected chi connectivity index (χ4v) is 3.10. The Kier molecular flexibility index (Phi) is 5.53. The summed E-state index contributed by atoms with van der Waals surface area (Å²) in [5, 5.41) is 6.79. The van der Waals surface area contributed by atoms with Gasteiger partial charge >= 0.3 is 6.18 Å². The lowest BCUT2D eigenvalue weighted by Gasteiger charge is -2.13. The van der Waals surface area contributed by atoms with Crippen molar-refractivity contribution < 1.29 is 18.0 Å². The van der Waals surface area contributed by atoms with Crippen LogP contribution in [-0.4, -0.2) is 15.9 Å². The van der Waals surface area contributed by atoms with Gasteiger partial charge in [0.2, 0.25) is 0 Å². The summed E-state index contributed by atoms with van der Waals surface area (Å²) in [6.07, 6.45) is -1.23. The number of benzene rings is 2. The van der Waals surface area contributed by atoms with Crippen molar-refractivity contribution in [2.45, 2.75) is 12.7 Å². The molecule has 0 radical (unpaired) electrons. The summed E-state index contributed by atoms with van der Waals surface area (Å²) in [7, 11) is 0. The van der Waals surface area contributed by atoms with Gasteiger partial charge in [0.1, 0.15) is 5.82 Å². The molecule has 0 atom stereocenters. The van der Waals surface area contributed by atoms with Gasteiger partial charge in [0.15, 0.2) is 0 Å². The zero-order valence-corrected chi connectivity index (χ0v) is 16.1. The number of rotatable bonds is 5. The monoisotopic (exact) mass is 422 g/mol. The molecule has 0 saturated carbocycles. The molecular formula is C23H17F3N4O. The third-order valence-electron chi connectivity index (χ3n) is 4.64. The number of anilines is 2. The predicted octanol–water partition coefficient (Wildman–Crippen LogP) is 5.51. The highest BCUT2D eigenvalue weighted by atomic mass is 19.4. The molecule has 2 N–H and O–H groups in total. The van der Waals surface area contributed by atoms with Crippen LogP contribution in [-0.2, 0) is 12.7 Å². The normalized spacial score (nSPS) is 11.3. The lowest BCUT2D eigenvalue weighted by atomic mass is 10.1. The quantitative estimate of drug-likeness (QED) is 0.445. The van der Waals surface area contributed by atoms with Crippen molar-refractivity contribution in [3.63, 3.8) is 0 Å². The van der Waals surface area contributed by atoms with E-state index in [0.29, 0.717) is 18.1 Å². The van der Waals surface area contributed by atoms with E-state index in [9.17, 15) is 18.0 Å². The number of halogens is 3. The summed E-state index contributed by atoms with van der Waals surface area (Å²) >= 11 is 0. The molecule has 0 bridgehead atoms. The molecule has 2 aromatic heterocycles. The predicted molar refractivity (Wildman–Crippen MR) is 113 cm³/mol. The summed E-state index contributed by atoms with van der Waals surface area (Å²) in [6, 6.07) is 17.2. The van der Waals surface area contributed by atoms with Crippen molar-refractivity contribution in [1.29, 1.82) is 0 Å². The maximum Gasteiger partial charge on any atom is 0.416 e. The number of carbonyl (C=O) groups is 1. The largest absolute Gasteiger partial charge is 0.416 e. The van der Waals surface area contributed by atoms with Gasteiger partial charge in [0, 0.05) is 29.9 Å². The van der Waals surface area contributed by atoms with E-state index in [4.69, 9.17) is 0 Å². The smallest absolute Gasteiger partial charge is 0.364 e. The Balaban J connectivity index is 1.50. The van der Waals surface area contributed by atoms with Gasteiger partial charge in [-0.25, -0.2) is 4.98 Å². The van der Waals surface area contributed by atoms with Crippen LogP contribution in [0.3, 0.4) is 0 Å². The maximum atomic E-state index is 12.9. The zero-order chi connectivity index (χ0) is 21.8. The Bertz CT molecular complexity index is 1240. The molecule has 0 aliphatic heterocycles. The molecule has 4 aromatic rings. The van der Waals surface area contributed by atoms with E-state index in [1.165, 1.54) is 12.1 Å². The second-order valence-corrected chi connectivity index (χ2v) is 6.82. The van der Waals surface area contributed by atoms with Crippen LogP contribution in [0.5, 0.6) is 0 Å². The van der Waals surface area contributed by atoms with Crippen molar-refractivity contribution in [2.75, 3.05) is 10.6 Å². The third-order valence-corrected chi connectivity index (χ3v) is 4.64. The maximum absolute atomic E-state index is 12.9. The minimum atomic E-state index is -4.52. The molecule has 156 valence electrons. The van der Waals surface area contributed by atoms with E-state index in [2.05, 4.69) is 20.6 Å². The van der Waals surface area contributed by atoms with Gasteiger partial charge in [-0.05, 0) is 54.1 Å². The minimum Gasteiger partial charge on any atom is -0.364 e. The number of hydrogen-bond acceptors (Lipinski definition) is 4. The summed E-state index contributed by atoms with van der Waals surface area (Å²) in [5.41, 5.74) is 1.27. The summed E-state index contributed by atoms with van der Waals surface area (Å²) in [4.78, 5) is 21.1. The molecule has 0 aliphatic rings. The number of amides is 1. The standard InChI is InChI=1S/C23H17F3N4O/c24-23(25,26)18-6-1-4-17(13-18)22(31)30-20-7-3-11-28-21(20)29-14-15-8-9-19-16(12-15)5-2-10-27-19/h1-13H,14H2,(H,28,29)(H,30,31). The molecule has 5 nitrogen and oxygen atoms in total.